The van der Waals surface area contributed by atoms with Gasteiger partial charge in [-0.2, -0.15) is 0 Å². The number of ether oxygens (including phenoxy) is 3. The van der Waals surface area contributed by atoms with Gasteiger partial charge in [0.2, 0.25) is 0 Å². The summed E-state index contributed by atoms with van der Waals surface area (Å²) in [6.45, 7) is 5.83. The molecule has 0 radical (unpaired) electrons. The summed E-state index contributed by atoms with van der Waals surface area (Å²) in [4.78, 5) is 45.2. The van der Waals surface area contributed by atoms with E-state index in [9.17, 15) is 14.4 Å². The summed E-state index contributed by atoms with van der Waals surface area (Å²) < 4.78 is 16.4. The van der Waals surface area contributed by atoms with E-state index in [-0.39, 0.29) is 24.6 Å². The Bertz CT molecular complexity index is 1300. The molecule has 40 heavy (non-hydrogen) atoms. The number of likely N-dealkylation sites (N-methyl/N-ethyl adjacent to an activating group) is 1. The maximum Gasteiger partial charge on any atom is 0.338 e. The molecule has 1 saturated heterocycles. The smallest absolute Gasteiger partial charge is 0.338 e. The maximum atomic E-state index is 13.4. The number of esters is 1. The van der Waals surface area contributed by atoms with Crippen molar-refractivity contribution in [1.29, 1.82) is 0 Å². The molecule has 2 aliphatic heterocycles. The van der Waals surface area contributed by atoms with Crippen LogP contribution >= 0.6 is 11.6 Å². The monoisotopic (exact) mass is 570 g/mol. The van der Waals surface area contributed by atoms with Crippen molar-refractivity contribution in [2.75, 3.05) is 54.1 Å². The van der Waals surface area contributed by atoms with Gasteiger partial charge in [0.25, 0.3) is 5.91 Å². The van der Waals surface area contributed by atoms with Gasteiger partial charge >= 0.3 is 12.0 Å². The second-order valence-electron chi connectivity index (χ2n) is 9.72. The van der Waals surface area contributed by atoms with E-state index in [1.54, 1.807) is 63.5 Å². The number of methoxy groups -OCH3 is 2. The number of piperazine rings is 1. The van der Waals surface area contributed by atoms with Crippen molar-refractivity contribution in [3.05, 3.63) is 69.9 Å². The molecule has 10 nitrogen and oxygen atoms in total. The third kappa shape index (κ3) is 6.03. The van der Waals surface area contributed by atoms with Gasteiger partial charge in [0.1, 0.15) is 11.5 Å². The fraction of sp³-hybridized carbons (Fsp3) is 0.414. The molecule has 2 heterocycles. The third-order valence-corrected chi connectivity index (χ3v) is 7.51. The number of carbonyl (C=O) groups excluding carboxylic acids is 3. The number of urea groups is 1. The third-order valence-electron chi connectivity index (χ3n) is 7.26. The van der Waals surface area contributed by atoms with E-state index < -0.39 is 12.0 Å². The van der Waals surface area contributed by atoms with Gasteiger partial charge < -0.3 is 24.4 Å². The molecule has 214 valence electrons. The molecule has 0 aromatic heterocycles. The van der Waals surface area contributed by atoms with Crippen LogP contribution in [0.5, 0.6) is 11.5 Å². The molecule has 0 aliphatic carbocycles. The molecule has 2 aromatic rings. The molecule has 2 aliphatic rings. The molecule has 2 atom stereocenters. The minimum atomic E-state index is -0.812. The number of rotatable bonds is 8. The van der Waals surface area contributed by atoms with E-state index in [2.05, 4.69) is 10.2 Å². The summed E-state index contributed by atoms with van der Waals surface area (Å²) in [5.74, 6) is 0.474. The highest BCUT2D eigenvalue weighted by atomic mass is 35.5. The number of nitrogens with one attached hydrogen (secondary N) is 1. The minimum Gasteiger partial charge on any atom is -0.497 e. The molecule has 3 amide bonds. The molecule has 1 N–H and O–H groups in total. The molecule has 0 bridgehead atoms. The molecule has 4 rings (SSSR count). The molecule has 0 spiro atoms. The van der Waals surface area contributed by atoms with Gasteiger partial charge in [0.05, 0.1) is 32.4 Å². The zero-order chi connectivity index (χ0) is 29.0. The Labute approximate surface area is 239 Å². The fourth-order valence-electron chi connectivity index (χ4n) is 5.14. The first-order chi connectivity index (χ1) is 19.2. The highest BCUT2D eigenvalue weighted by Gasteiger charge is 2.39. The Morgan fingerprint density at radius 2 is 1.80 bits per heavy atom. The molecular weight excluding hydrogens is 536 g/mol. The van der Waals surface area contributed by atoms with Crippen LogP contribution in [0.15, 0.2) is 53.7 Å². The maximum absolute atomic E-state index is 13.4. The Balaban J connectivity index is 1.65. The topological polar surface area (TPSA) is 101 Å². The Hall–Kier alpha value is -3.76. The SMILES string of the molecule is CCOC(=O)C1=C(CN2CCN(C(=O)c3ccc(Cl)cc3)[C@H](C)C2)N(C)C(=O)N[C@H]1c1cc(OC)ccc1OC. The number of nitrogens with zero attached hydrogens (tertiary/aromatic N) is 3. The molecule has 1 fully saturated rings. The van der Waals surface area contributed by atoms with E-state index in [0.717, 1.165) is 0 Å². The zero-order valence-corrected chi connectivity index (χ0v) is 24.2. The van der Waals surface area contributed by atoms with Gasteiger partial charge in [0.15, 0.2) is 0 Å². The summed E-state index contributed by atoms with van der Waals surface area (Å²) in [6.07, 6.45) is 0. The van der Waals surface area contributed by atoms with Gasteiger partial charge in [-0.1, -0.05) is 11.6 Å². The zero-order valence-electron chi connectivity index (χ0n) is 23.4. The van der Waals surface area contributed by atoms with E-state index >= 15 is 0 Å². The molecule has 0 unspecified atom stereocenters. The fourth-order valence-corrected chi connectivity index (χ4v) is 5.27. The first-order valence-electron chi connectivity index (χ1n) is 13.1. The quantitative estimate of drug-likeness (QED) is 0.483. The summed E-state index contributed by atoms with van der Waals surface area (Å²) in [6, 6.07) is 10.8. The van der Waals surface area contributed by atoms with Crippen molar-refractivity contribution >= 4 is 29.5 Å². The number of halogens is 1. The number of hydrogen-bond donors (Lipinski definition) is 1. The largest absolute Gasteiger partial charge is 0.497 e. The number of carbonyl (C=O) groups is 3. The summed E-state index contributed by atoms with van der Waals surface area (Å²) in [7, 11) is 4.71. The normalized spacial score (nSPS) is 19.8. The first kappa shape index (κ1) is 29.2. The molecule has 11 heteroatoms. The van der Waals surface area contributed by atoms with Crippen LogP contribution in [-0.2, 0) is 9.53 Å². The van der Waals surface area contributed by atoms with Crippen LogP contribution in [0.2, 0.25) is 5.02 Å². The minimum absolute atomic E-state index is 0.0606. The lowest BCUT2D eigenvalue weighted by atomic mass is 9.93. The van der Waals surface area contributed by atoms with Crippen LogP contribution in [0.4, 0.5) is 4.79 Å². The average molecular weight is 571 g/mol. The van der Waals surface area contributed by atoms with Gasteiger partial charge in [0, 0.05) is 61.1 Å². The number of amides is 3. The predicted molar refractivity (Wildman–Crippen MR) is 151 cm³/mol. The van der Waals surface area contributed by atoms with Crippen molar-refractivity contribution < 1.29 is 28.6 Å². The first-order valence-corrected chi connectivity index (χ1v) is 13.5. The number of hydrogen-bond acceptors (Lipinski definition) is 7. The Morgan fingerprint density at radius 3 is 2.42 bits per heavy atom. The summed E-state index contributed by atoms with van der Waals surface area (Å²) in [5.41, 5.74) is 2.01. The lowest BCUT2D eigenvalue weighted by Gasteiger charge is -2.42. The van der Waals surface area contributed by atoms with Crippen LogP contribution in [-0.4, -0.2) is 92.7 Å². The lowest BCUT2D eigenvalue weighted by Crippen LogP contribution is -2.56. The highest BCUT2D eigenvalue weighted by molar-refractivity contribution is 6.30. The highest BCUT2D eigenvalue weighted by Crippen LogP contribution is 2.38. The van der Waals surface area contributed by atoms with Gasteiger partial charge in [-0.25, -0.2) is 9.59 Å². The predicted octanol–water partition coefficient (Wildman–Crippen LogP) is 3.72. The second kappa shape index (κ2) is 12.6. The summed E-state index contributed by atoms with van der Waals surface area (Å²) >= 11 is 5.99. The van der Waals surface area contributed by atoms with Crippen LogP contribution in [0.1, 0.15) is 35.8 Å². The van der Waals surface area contributed by atoms with Crippen molar-refractivity contribution in [2.45, 2.75) is 25.9 Å². The summed E-state index contributed by atoms with van der Waals surface area (Å²) in [5, 5.41) is 3.50. The standard InChI is InChI=1S/C29H35ClN4O6/c1-6-40-28(36)25-23(32(3)29(37)31-26(25)22-15-21(38-4)11-12-24(22)39-5)17-33-13-14-34(18(2)16-33)27(35)19-7-9-20(30)10-8-19/h7-12,15,18,26H,6,13-14,16-17H2,1-5H3,(H,31,37)/t18-,26+/m1/s1. The van der Waals surface area contributed by atoms with Crippen LogP contribution < -0.4 is 14.8 Å². The number of benzene rings is 2. The molecule has 0 saturated carbocycles. The van der Waals surface area contributed by atoms with Gasteiger partial charge in [-0.3, -0.25) is 14.6 Å². The van der Waals surface area contributed by atoms with Crippen LogP contribution in [0.25, 0.3) is 0 Å². The van der Waals surface area contributed by atoms with Crippen molar-refractivity contribution in [1.82, 2.24) is 20.0 Å². The van der Waals surface area contributed by atoms with Crippen LogP contribution in [0.3, 0.4) is 0 Å². The second-order valence-corrected chi connectivity index (χ2v) is 10.2. The van der Waals surface area contributed by atoms with E-state index in [4.69, 9.17) is 25.8 Å². The van der Waals surface area contributed by atoms with Crippen LogP contribution in [0, 0.1) is 0 Å². The van der Waals surface area contributed by atoms with Crippen molar-refractivity contribution in [2.24, 2.45) is 0 Å². The molecule has 2 aromatic carbocycles. The van der Waals surface area contributed by atoms with Crippen molar-refractivity contribution in [3.63, 3.8) is 0 Å². The average Bonchev–Trinajstić information content (AvgIpc) is 2.95. The van der Waals surface area contributed by atoms with E-state index in [1.807, 2.05) is 11.8 Å². The van der Waals surface area contributed by atoms with Crippen molar-refractivity contribution in [3.8, 4) is 11.5 Å². The Morgan fingerprint density at radius 1 is 1.07 bits per heavy atom. The van der Waals surface area contributed by atoms with Gasteiger partial charge in [-0.05, 0) is 56.3 Å². The Kier molecular flexibility index (Phi) is 9.21. The van der Waals surface area contributed by atoms with E-state index in [1.165, 1.54) is 12.0 Å². The van der Waals surface area contributed by atoms with E-state index in [0.29, 0.717) is 65.1 Å². The lowest BCUT2D eigenvalue weighted by molar-refractivity contribution is -0.139. The molecular formula is C29H35ClN4O6. The van der Waals surface area contributed by atoms with Gasteiger partial charge in [-0.15, -0.1) is 0 Å².